The summed E-state index contributed by atoms with van der Waals surface area (Å²) in [7, 11) is 3.17. The van der Waals surface area contributed by atoms with Crippen LogP contribution in [-0.2, 0) is 11.2 Å². The van der Waals surface area contributed by atoms with Crippen molar-refractivity contribution in [3.05, 3.63) is 53.1 Å². The molecule has 202 valence electrons. The zero-order valence-electron chi connectivity index (χ0n) is 22.4. The summed E-state index contributed by atoms with van der Waals surface area (Å²) in [5, 5.41) is 0. The standard InChI is InChI=1S/C30H37N3O5/c1-37-25-14-13-21(19-26(25)38-2)20-27(34)32-17-15-31(16-18-32)24-12-8-11-23-28(24)30(36)33(29(23)35)22-9-6-4-3-5-7-10-22/h8,11-14,19,22H,3-7,9-10,15-18,20H2,1-2H3. The second kappa shape index (κ2) is 11.5. The maximum absolute atomic E-state index is 13.6. The normalized spacial score (nSPS) is 18.7. The molecule has 2 aliphatic heterocycles. The lowest BCUT2D eigenvalue weighted by molar-refractivity contribution is -0.130. The Morgan fingerprint density at radius 3 is 2.21 bits per heavy atom. The number of methoxy groups -OCH3 is 2. The number of carbonyl (C=O) groups excluding carboxylic acids is 3. The molecule has 38 heavy (non-hydrogen) atoms. The van der Waals surface area contributed by atoms with Crippen molar-refractivity contribution in [3.8, 4) is 11.5 Å². The lowest BCUT2D eigenvalue weighted by Crippen LogP contribution is -2.49. The van der Waals surface area contributed by atoms with Gasteiger partial charge in [0.15, 0.2) is 11.5 Å². The molecule has 0 radical (unpaired) electrons. The van der Waals surface area contributed by atoms with Crippen molar-refractivity contribution in [1.82, 2.24) is 9.80 Å². The first-order valence-corrected chi connectivity index (χ1v) is 13.8. The molecule has 3 aliphatic rings. The fourth-order valence-corrected chi connectivity index (χ4v) is 6.05. The summed E-state index contributed by atoms with van der Waals surface area (Å²) in [5.74, 6) is 0.984. The number of imide groups is 1. The Labute approximate surface area is 224 Å². The Hall–Kier alpha value is -3.55. The number of fused-ring (bicyclic) bond motifs is 1. The molecule has 2 aromatic rings. The van der Waals surface area contributed by atoms with Crippen LogP contribution in [0, 0.1) is 0 Å². The fraction of sp³-hybridized carbons (Fsp3) is 0.500. The summed E-state index contributed by atoms with van der Waals surface area (Å²) in [4.78, 5) is 45.6. The first-order valence-electron chi connectivity index (χ1n) is 13.8. The van der Waals surface area contributed by atoms with Crippen LogP contribution in [0.4, 0.5) is 5.69 Å². The summed E-state index contributed by atoms with van der Waals surface area (Å²) in [5.41, 5.74) is 2.72. The van der Waals surface area contributed by atoms with Crippen molar-refractivity contribution in [2.24, 2.45) is 0 Å². The summed E-state index contributed by atoms with van der Waals surface area (Å²) in [6, 6.07) is 11.1. The molecule has 1 aliphatic carbocycles. The zero-order valence-corrected chi connectivity index (χ0v) is 22.4. The van der Waals surface area contributed by atoms with Crippen LogP contribution >= 0.6 is 0 Å². The Morgan fingerprint density at radius 2 is 1.53 bits per heavy atom. The van der Waals surface area contributed by atoms with Crippen LogP contribution < -0.4 is 14.4 Å². The quantitative estimate of drug-likeness (QED) is 0.530. The SMILES string of the molecule is COc1ccc(CC(=O)N2CCN(c3cccc4c3C(=O)N(C3CCCCCCC3)C4=O)CC2)cc1OC. The third-order valence-electron chi connectivity index (χ3n) is 8.14. The average Bonchev–Trinajstić information content (AvgIpc) is 3.18. The van der Waals surface area contributed by atoms with Gasteiger partial charge in [-0.2, -0.15) is 0 Å². The van der Waals surface area contributed by atoms with Gasteiger partial charge in [0.2, 0.25) is 5.91 Å². The van der Waals surface area contributed by atoms with E-state index in [4.69, 9.17) is 9.47 Å². The van der Waals surface area contributed by atoms with E-state index >= 15 is 0 Å². The van der Waals surface area contributed by atoms with E-state index in [-0.39, 0.29) is 30.2 Å². The van der Waals surface area contributed by atoms with Gasteiger partial charge in [0.1, 0.15) is 0 Å². The number of anilines is 1. The molecule has 3 amide bonds. The monoisotopic (exact) mass is 519 g/mol. The van der Waals surface area contributed by atoms with Crippen molar-refractivity contribution >= 4 is 23.4 Å². The average molecular weight is 520 g/mol. The van der Waals surface area contributed by atoms with Crippen molar-refractivity contribution in [2.75, 3.05) is 45.3 Å². The summed E-state index contributed by atoms with van der Waals surface area (Å²) >= 11 is 0. The van der Waals surface area contributed by atoms with Crippen LogP contribution in [0.5, 0.6) is 11.5 Å². The minimum atomic E-state index is -0.155. The number of nitrogens with zero attached hydrogens (tertiary/aromatic N) is 3. The minimum Gasteiger partial charge on any atom is -0.493 e. The molecule has 2 heterocycles. The Balaban J connectivity index is 1.26. The molecule has 0 N–H and O–H groups in total. The predicted molar refractivity (Wildman–Crippen MR) is 145 cm³/mol. The summed E-state index contributed by atoms with van der Waals surface area (Å²) in [6.45, 7) is 2.34. The smallest absolute Gasteiger partial charge is 0.263 e. The molecule has 0 aromatic heterocycles. The van der Waals surface area contributed by atoms with E-state index in [1.165, 1.54) is 19.3 Å². The summed E-state index contributed by atoms with van der Waals surface area (Å²) in [6.07, 6.45) is 7.75. The number of benzene rings is 2. The highest BCUT2D eigenvalue weighted by molar-refractivity contribution is 6.24. The van der Waals surface area contributed by atoms with Gasteiger partial charge in [-0.15, -0.1) is 0 Å². The molecule has 5 rings (SSSR count). The van der Waals surface area contributed by atoms with Gasteiger partial charge in [0.25, 0.3) is 11.8 Å². The van der Waals surface area contributed by atoms with E-state index < -0.39 is 0 Å². The molecular formula is C30H37N3O5. The van der Waals surface area contributed by atoms with Gasteiger partial charge in [-0.25, -0.2) is 0 Å². The number of amides is 3. The van der Waals surface area contributed by atoms with Crippen LogP contribution in [0.25, 0.3) is 0 Å². The molecule has 1 saturated carbocycles. The minimum absolute atomic E-state index is 0.0124. The number of hydrogen-bond acceptors (Lipinski definition) is 6. The molecule has 0 bridgehead atoms. The van der Waals surface area contributed by atoms with Crippen molar-refractivity contribution in [1.29, 1.82) is 0 Å². The largest absolute Gasteiger partial charge is 0.493 e. The molecule has 2 fully saturated rings. The number of hydrogen-bond donors (Lipinski definition) is 0. The van der Waals surface area contributed by atoms with Gasteiger partial charge < -0.3 is 19.3 Å². The van der Waals surface area contributed by atoms with Crippen LogP contribution in [-0.4, -0.2) is 74.0 Å². The highest BCUT2D eigenvalue weighted by atomic mass is 16.5. The van der Waals surface area contributed by atoms with Gasteiger partial charge in [-0.05, 0) is 42.7 Å². The Bertz CT molecular complexity index is 1200. The van der Waals surface area contributed by atoms with Gasteiger partial charge in [-0.3, -0.25) is 19.3 Å². The molecule has 8 heteroatoms. The van der Waals surface area contributed by atoms with Gasteiger partial charge in [-0.1, -0.05) is 44.2 Å². The number of ether oxygens (including phenoxy) is 2. The van der Waals surface area contributed by atoms with Gasteiger partial charge >= 0.3 is 0 Å². The maximum Gasteiger partial charge on any atom is 0.263 e. The number of rotatable bonds is 6. The molecular weight excluding hydrogens is 482 g/mol. The Morgan fingerprint density at radius 1 is 0.842 bits per heavy atom. The molecule has 1 saturated heterocycles. The van der Waals surface area contributed by atoms with Crippen molar-refractivity contribution < 1.29 is 23.9 Å². The van der Waals surface area contributed by atoms with Crippen LogP contribution in [0.2, 0.25) is 0 Å². The first kappa shape index (κ1) is 26.1. The van der Waals surface area contributed by atoms with Crippen LogP contribution in [0.1, 0.15) is 71.2 Å². The molecule has 0 atom stereocenters. The number of carbonyl (C=O) groups is 3. The summed E-state index contributed by atoms with van der Waals surface area (Å²) < 4.78 is 10.7. The van der Waals surface area contributed by atoms with E-state index in [9.17, 15) is 14.4 Å². The molecule has 0 unspecified atom stereocenters. The van der Waals surface area contributed by atoms with E-state index in [0.29, 0.717) is 48.8 Å². The predicted octanol–water partition coefficient (Wildman–Crippen LogP) is 4.30. The second-order valence-electron chi connectivity index (χ2n) is 10.4. The van der Waals surface area contributed by atoms with E-state index in [0.717, 1.165) is 36.9 Å². The molecule has 2 aromatic carbocycles. The highest BCUT2D eigenvalue weighted by Crippen LogP contribution is 2.36. The first-order chi connectivity index (χ1) is 18.5. The van der Waals surface area contributed by atoms with Crippen LogP contribution in [0.15, 0.2) is 36.4 Å². The highest BCUT2D eigenvalue weighted by Gasteiger charge is 2.42. The van der Waals surface area contributed by atoms with Gasteiger partial charge in [0, 0.05) is 32.2 Å². The second-order valence-corrected chi connectivity index (χ2v) is 10.4. The zero-order chi connectivity index (χ0) is 26.6. The third-order valence-corrected chi connectivity index (χ3v) is 8.14. The Kier molecular flexibility index (Phi) is 7.86. The lowest BCUT2D eigenvalue weighted by Gasteiger charge is -2.37. The fourth-order valence-electron chi connectivity index (χ4n) is 6.05. The topological polar surface area (TPSA) is 79.4 Å². The van der Waals surface area contributed by atoms with Crippen molar-refractivity contribution in [2.45, 2.75) is 57.4 Å². The number of piperazine rings is 1. The van der Waals surface area contributed by atoms with Crippen molar-refractivity contribution in [3.63, 3.8) is 0 Å². The van der Waals surface area contributed by atoms with Gasteiger partial charge in [0.05, 0.1) is 37.5 Å². The third kappa shape index (κ3) is 5.08. The van der Waals surface area contributed by atoms with E-state index in [2.05, 4.69) is 4.90 Å². The maximum atomic E-state index is 13.6. The molecule has 0 spiro atoms. The lowest BCUT2D eigenvalue weighted by atomic mass is 9.95. The van der Waals surface area contributed by atoms with E-state index in [1.54, 1.807) is 25.2 Å². The van der Waals surface area contributed by atoms with Crippen LogP contribution in [0.3, 0.4) is 0 Å². The van der Waals surface area contributed by atoms with E-state index in [1.807, 2.05) is 35.2 Å². The molecule has 8 nitrogen and oxygen atoms in total.